The standard InChI is InChI=1S/C24H25FOS2/c1-5-27-22-20(16(3)26)21(17-10-8-7-9-11-17)23(28-6-2)24(22,4)18-12-14-19(25)15-13-18/h7-15H,5-6H2,1-4H3. The Bertz CT molecular complexity index is 929. The molecular weight excluding hydrogens is 387 g/mol. The van der Waals surface area contributed by atoms with Crippen LogP contribution in [0.2, 0.25) is 0 Å². The zero-order valence-electron chi connectivity index (χ0n) is 16.7. The molecule has 0 amide bonds. The van der Waals surface area contributed by atoms with E-state index in [1.165, 1.54) is 17.0 Å². The molecule has 0 aliphatic heterocycles. The minimum atomic E-state index is -0.457. The molecule has 2 aromatic carbocycles. The zero-order valence-corrected chi connectivity index (χ0v) is 18.3. The van der Waals surface area contributed by atoms with Gasteiger partial charge in [0.25, 0.3) is 0 Å². The van der Waals surface area contributed by atoms with Crippen LogP contribution in [0.1, 0.15) is 38.8 Å². The second-order valence-electron chi connectivity index (χ2n) is 6.83. The molecule has 0 bridgehead atoms. The van der Waals surface area contributed by atoms with Crippen LogP contribution in [-0.4, -0.2) is 17.3 Å². The van der Waals surface area contributed by atoms with E-state index in [0.717, 1.165) is 38.7 Å². The first-order valence-corrected chi connectivity index (χ1v) is 11.5. The maximum absolute atomic E-state index is 13.6. The van der Waals surface area contributed by atoms with Crippen LogP contribution >= 0.6 is 23.5 Å². The van der Waals surface area contributed by atoms with Gasteiger partial charge in [-0.25, -0.2) is 4.39 Å². The summed E-state index contributed by atoms with van der Waals surface area (Å²) in [7, 11) is 0. The summed E-state index contributed by atoms with van der Waals surface area (Å²) in [6.45, 7) is 8.06. The first kappa shape index (κ1) is 20.9. The van der Waals surface area contributed by atoms with Gasteiger partial charge < -0.3 is 0 Å². The van der Waals surface area contributed by atoms with Crippen molar-refractivity contribution >= 4 is 34.9 Å². The fraction of sp³-hybridized carbons (Fsp3) is 0.292. The van der Waals surface area contributed by atoms with Gasteiger partial charge >= 0.3 is 0 Å². The van der Waals surface area contributed by atoms with Crippen LogP contribution < -0.4 is 0 Å². The number of thioether (sulfide) groups is 2. The van der Waals surface area contributed by atoms with Gasteiger partial charge in [0.05, 0.1) is 5.41 Å². The van der Waals surface area contributed by atoms with Crippen molar-refractivity contribution in [2.24, 2.45) is 0 Å². The lowest BCUT2D eigenvalue weighted by atomic mass is 9.83. The van der Waals surface area contributed by atoms with Crippen molar-refractivity contribution in [3.05, 3.63) is 86.9 Å². The highest BCUT2D eigenvalue weighted by molar-refractivity contribution is 8.04. The quantitative estimate of drug-likeness (QED) is 0.494. The molecule has 0 aromatic heterocycles. The molecule has 1 nitrogen and oxygen atoms in total. The van der Waals surface area contributed by atoms with Crippen molar-refractivity contribution in [3.8, 4) is 0 Å². The topological polar surface area (TPSA) is 17.1 Å². The molecule has 1 aliphatic rings. The van der Waals surface area contributed by atoms with Crippen molar-refractivity contribution in [1.82, 2.24) is 0 Å². The summed E-state index contributed by atoms with van der Waals surface area (Å²) >= 11 is 3.50. The highest BCUT2D eigenvalue weighted by Crippen LogP contribution is 2.59. The minimum Gasteiger partial charge on any atom is -0.294 e. The molecule has 0 heterocycles. The van der Waals surface area contributed by atoms with Gasteiger partial charge in [-0.3, -0.25) is 4.79 Å². The number of carbonyl (C=O) groups is 1. The maximum atomic E-state index is 13.6. The number of halogens is 1. The first-order valence-electron chi connectivity index (χ1n) is 9.52. The molecule has 146 valence electrons. The van der Waals surface area contributed by atoms with Crippen molar-refractivity contribution in [2.75, 3.05) is 11.5 Å². The van der Waals surface area contributed by atoms with E-state index in [2.05, 4.69) is 32.9 Å². The van der Waals surface area contributed by atoms with Gasteiger partial charge in [0.15, 0.2) is 5.78 Å². The number of carbonyl (C=O) groups excluding carboxylic acids is 1. The summed E-state index contributed by atoms with van der Waals surface area (Å²) in [5.41, 5.74) is 3.46. The monoisotopic (exact) mass is 412 g/mol. The van der Waals surface area contributed by atoms with E-state index in [0.29, 0.717) is 0 Å². The van der Waals surface area contributed by atoms with Gasteiger partial charge in [0.2, 0.25) is 0 Å². The van der Waals surface area contributed by atoms with E-state index in [-0.39, 0.29) is 11.6 Å². The summed E-state index contributed by atoms with van der Waals surface area (Å²) in [6, 6.07) is 16.9. The third-order valence-corrected chi connectivity index (χ3v) is 7.41. The molecule has 4 heteroatoms. The average molecular weight is 413 g/mol. The molecule has 0 fully saturated rings. The Morgan fingerprint density at radius 1 is 0.929 bits per heavy atom. The Labute approximate surface area is 175 Å². The van der Waals surface area contributed by atoms with Gasteiger partial charge in [0.1, 0.15) is 5.82 Å². The van der Waals surface area contributed by atoms with Gasteiger partial charge in [-0.2, -0.15) is 0 Å². The normalized spacial score (nSPS) is 19.5. The molecule has 0 saturated heterocycles. The van der Waals surface area contributed by atoms with E-state index in [1.54, 1.807) is 30.4 Å². The summed E-state index contributed by atoms with van der Waals surface area (Å²) in [5.74, 6) is 1.60. The number of rotatable bonds is 7. The summed E-state index contributed by atoms with van der Waals surface area (Å²) in [4.78, 5) is 15.1. The van der Waals surface area contributed by atoms with E-state index in [1.807, 2.05) is 30.3 Å². The summed E-state index contributed by atoms with van der Waals surface area (Å²) in [5, 5.41) is 0. The second-order valence-corrected chi connectivity index (χ2v) is 9.38. The first-order chi connectivity index (χ1) is 13.4. The van der Waals surface area contributed by atoms with E-state index in [9.17, 15) is 9.18 Å². The Hall–Kier alpha value is -1.78. The molecule has 0 radical (unpaired) electrons. The van der Waals surface area contributed by atoms with Crippen LogP contribution in [0.15, 0.2) is 70.0 Å². The smallest absolute Gasteiger partial charge is 0.161 e. The summed E-state index contributed by atoms with van der Waals surface area (Å²) < 4.78 is 13.6. The third-order valence-electron chi connectivity index (χ3n) is 5.03. The van der Waals surface area contributed by atoms with Crippen LogP contribution in [0.3, 0.4) is 0 Å². The van der Waals surface area contributed by atoms with Gasteiger partial charge in [0, 0.05) is 21.0 Å². The van der Waals surface area contributed by atoms with E-state index >= 15 is 0 Å². The van der Waals surface area contributed by atoms with E-state index in [4.69, 9.17) is 0 Å². The molecule has 0 spiro atoms. The van der Waals surface area contributed by atoms with Crippen molar-refractivity contribution in [3.63, 3.8) is 0 Å². The van der Waals surface area contributed by atoms with Gasteiger partial charge in [-0.15, -0.1) is 23.5 Å². The number of benzene rings is 2. The van der Waals surface area contributed by atoms with Gasteiger partial charge in [-0.1, -0.05) is 56.3 Å². The van der Waals surface area contributed by atoms with Crippen LogP contribution in [0.5, 0.6) is 0 Å². The van der Waals surface area contributed by atoms with Crippen LogP contribution in [0.4, 0.5) is 4.39 Å². The van der Waals surface area contributed by atoms with Crippen molar-refractivity contribution in [1.29, 1.82) is 0 Å². The molecule has 1 atom stereocenters. The van der Waals surface area contributed by atoms with Gasteiger partial charge in [-0.05, 0) is 48.6 Å². The Morgan fingerprint density at radius 3 is 2.04 bits per heavy atom. The number of Topliss-reactive ketones (excluding diaryl/α,β-unsaturated/α-hetero) is 1. The molecule has 28 heavy (non-hydrogen) atoms. The lowest BCUT2D eigenvalue weighted by Crippen LogP contribution is -2.23. The maximum Gasteiger partial charge on any atom is 0.161 e. The van der Waals surface area contributed by atoms with Crippen molar-refractivity contribution in [2.45, 2.75) is 33.1 Å². The number of hydrogen-bond acceptors (Lipinski definition) is 3. The van der Waals surface area contributed by atoms with Crippen molar-refractivity contribution < 1.29 is 9.18 Å². The van der Waals surface area contributed by atoms with E-state index < -0.39 is 5.41 Å². The predicted molar refractivity (Wildman–Crippen MR) is 121 cm³/mol. The Kier molecular flexibility index (Phi) is 6.51. The van der Waals surface area contributed by atoms with Crippen LogP contribution in [-0.2, 0) is 10.2 Å². The largest absolute Gasteiger partial charge is 0.294 e. The zero-order chi connectivity index (χ0) is 20.3. The molecule has 0 saturated carbocycles. The molecule has 1 aliphatic carbocycles. The molecule has 1 unspecified atom stereocenters. The number of hydrogen-bond donors (Lipinski definition) is 0. The fourth-order valence-corrected chi connectivity index (χ4v) is 6.23. The molecule has 3 rings (SSSR count). The minimum absolute atomic E-state index is 0.0786. The SMILES string of the molecule is CCSC1=C(C(C)=O)C(c2ccccc2)=C(SCC)C1(C)c1ccc(F)cc1. The van der Waals surface area contributed by atoms with Crippen LogP contribution in [0, 0.1) is 5.82 Å². The Balaban J connectivity index is 2.38. The predicted octanol–water partition coefficient (Wildman–Crippen LogP) is 6.86. The lowest BCUT2D eigenvalue weighted by molar-refractivity contribution is -0.113. The number of allylic oxidation sites excluding steroid dienone is 4. The Morgan fingerprint density at radius 2 is 1.50 bits per heavy atom. The second kappa shape index (κ2) is 8.71. The molecule has 0 N–H and O–H groups in total. The highest BCUT2D eigenvalue weighted by Gasteiger charge is 2.46. The lowest BCUT2D eigenvalue weighted by Gasteiger charge is -2.32. The van der Waals surface area contributed by atoms with Crippen LogP contribution in [0.25, 0.3) is 5.57 Å². The third kappa shape index (κ3) is 3.60. The molecular formula is C24H25FOS2. The average Bonchev–Trinajstić information content (AvgIpc) is 2.94. The molecule has 2 aromatic rings. The fourth-order valence-electron chi connectivity index (χ4n) is 3.81. The summed E-state index contributed by atoms with van der Waals surface area (Å²) in [6.07, 6.45) is 0. The highest BCUT2D eigenvalue weighted by atomic mass is 32.2. The number of ketones is 1.